The number of aromatic nitrogens is 1. The van der Waals surface area contributed by atoms with Gasteiger partial charge in [-0.25, -0.2) is 0 Å². The van der Waals surface area contributed by atoms with E-state index in [1.165, 1.54) is 16.6 Å². The predicted molar refractivity (Wildman–Crippen MR) is 60.1 cm³/mol. The van der Waals surface area contributed by atoms with Crippen LogP contribution in [0.1, 0.15) is 17.7 Å². The van der Waals surface area contributed by atoms with Crippen molar-refractivity contribution in [3.05, 3.63) is 35.9 Å². The standard InChI is InChI=1S/C13H13NO/c1-15-12-8-4-6-10-9-5-2-3-7-11(9)14-13(10)12/h4,6,8,14H,3,5,7H2,1H3. The molecule has 2 heteroatoms. The first-order valence-corrected chi connectivity index (χ1v) is 5.27. The summed E-state index contributed by atoms with van der Waals surface area (Å²) < 4.78 is 5.35. The summed E-state index contributed by atoms with van der Waals surface area (Å²) in [7, 11) is 1.72. The maximum Gasteiger partial charge on any atom is 0.142 e. The van der Waals surface area contributed by atoms with Crippen LogP contribution >= 0.6 is 0 Å². The Balaban J connectivity index is 2.31. The van der Waals surface area contributed by atoms with Crippen LogP contribution in [0.5, 0.6) is 5.75 Å². The van der Waals surface area contributed by atoms with Crippen molar-refractivity contribution >= 4 is 10.9 Å². The van der Waals surface area contributed by atoms with Crippen molar-refractivity contribution < 1.29 is 4.74 Å². The Bertz CT molecular complexity index is 498. The van der Waals surface area contributed by atoms with Crippen LogP contribution in [0.25, 0.3) is 10.9 Å². The molecule has 1 heterocycles. The Morgan fingerprint density at radius 1 is 1.40 bits per heavy atom. The van der Waals surface area contributed by atoms with E-state index >= 15 is 0 Å². The van der Waals surface area contributed by atoms with Crippen molar-refractivity contribution in [1.29, 1.82) is 0 Å². The van der Waals surface area contributed by atoms with Crippen molar-refractivity contribution in [2.75, 3.05) is 7.11 Å². The topological polar surface area (TPSA) is 25.0 Å². The van der Waals surface area contributed by atoms with Crippen LogP contribution in [-0.4, -0.2) is 12.1 Å². The summed E-state index contributed by atoms with van der Waals surface area (Å²) in [5.74, 6) is 0.932. The highest BCUT2D eigenvalue weighted by Gasteiger charge is 2.16. The highest BCUT2D eigenvalue weighted by Crippen LogP contribution is 2.33. The molecular formula is C13H13NO. The lowest BCUT2D eigenvalue weighted by Gasteiger charge is -2.09. The minimum atomic E-state index is 0.932. The summed E-state index contributed by atoms with van der Waals surface area (Å²) in [5, 5.41) is 1.29. The zero-order chi connectivity index (χ0) is 10.3. The van der Waals surface area contributed by atoms with Crippen LogP contribution in [0.4, 0.5) is 0 Å². The Kier molecular flexibility index (Phi) is 1.94. The summed E-state index contributed by atoms with van der Waals surface area (Å²) in [6, 6.07) is 6.20. The summed E-state index contributed by atoms with van der Waals surface area (Å²) in [4.78, 5) is 3.47. The molecule has 15 heavy (non-hydrogen) atoms. The molecule has 2 radical (unpaired) electrons. The predicted octanol–water partition coefficient (Wildman–Crippen LogP) is 2.75. The Morgan fingerprint density at radius 3 is 3.20 bits per heavy atom. The minimum absolute atomic E-state index is 0.932. The van der Waals surface area contributed by atoms with Gasteiger partial charge in [-0.05, 0) is 37.3 Å². The van der Waals surface area contributed by atoms with Gasteiger partial charge in [0.05, 0.1) is 12.6 Å². The number of para-hydroxylation sites is 1. The van der Waals surface area contributed by atoms with Gasteiger partial charge in [-0.2, -0.15) is 0 Å². The SMILES string of the molecule is COc1cccc2c3c([nH]c12)CC[C]C3. The van der Waals surface area contributed by atoms with Crippen LogP contribution in [0.3, 0.4) is 0 Å². The third-order valence-corrected chi connectivity index (χ3v) is 3.06. The third kappa shape index (κ3) is 1.24. The fourth-order valence-electron chi connectivity index (χ4n) is 2.31. The van der Waals surface area contributed by atoms with E-state index in [0.717, 1.165) is 30.5 Å². The number of nitrogens with one attached hydrogen (secondary N) is 1. The number of rotatable bonds is 1. The van der Waals surface area contributed by atoms with E-state index in [1.54, 1.807) is 7.11 Å². The van der Waals surface area contributed by atoms with Crippen molar-refractivity contribution in [2.24, 2.45) is 0 Å². The van der Waals surface area contributed by atoms with Crippen molar-refractivity contribution in [3.8, 4) is 5.75 Å². The van der Waals surface area contributed by atoms with E-state index in [-0.39, 0.29) is 0 Å². The van der Waals surface area contributed by atoms with Gasteiger partial charge in [-0.1, -0.05) is 12.1 Å². The molecule has 0 unspecified atom stereocenters. The highest BCUT2D eigenvalue weighted by molar-refractivity contribution is 5.89. The molecule has 0 spiro atoms. The van der Waals surface area contributed by atoms with E-state index in [4.69, 9.17) is 4.74 Å². The first-order valence-electron chi connectivity index (χ1n) is 5.27. The number of hydrogen-bond acceptors (Lipinski definition) is 1. The van der Waals surface area contributed by atoms with Crippen molar-refractivity contribution in [3.63, 3.8) is 0 Å². The van der Waals surface area contributed by atoms with E-state index < -0.39 is 0 Å². The molecule has 0 atom stereocenters. The number of aryl methyl sites for hydroxylation is 1. The molecule has 1 aromatic carbocycles. The lowest BCUT2D eigenvalue weighted by molar-refractivity contribution is 0.419. The van der Waals surface area contributed by atoms with Gasteiger partial charge in [-0.3, -0.25) is 0 Å². The molecular weight excluding hydrogens is 186 g/mol. The number of ether oxygens (including phenoxy) is 1. The van der Waals surface area contributed by atoms with E-state index in [2.05, 4.69) is 17.5 Å². The summed E-state index contributed by atoms with van der Waals surface area (Å²) in [5.41, 5.74) is 3.89. The quantitative estimate of drug-likeness (QED) is 0.750. The number of aromatic amines is 1. The van der Waals surface area contributed by atoms with Gasteiger partial charge in [0.25, 0.3) is 0 Å². The summed E-state index contributed by atoms with van der Waals surface area (Å²) in [6.45, 7) is 0. The van der Waals surface area contributed by atoms with Gasteiger partial charge in [0.1, 0.15) is 5.75 Å². The van der Waals surface area contributed by atoms with Gasteiger partial charge >= 0.3 is 0 Å². The molecule has 0 amide bonds. The van der Waals surface area contributed by atoms with Gasteiger partial charge in [0.15, 0.2) is 0 Å². The molecule has 0 saturated carbocycles. The first-order chi connectivity index (χ1) is 7.40. The minimum Gasteiger partial charge on any atom is -0.495 e. The van der Waals surface area contributed by atoms with Gasteiger partial charge < -0.3 is 9.72 Å². The number of benzene rings is 1. The molecule has 76 valence electrons. The Hall–Kier alpha value is -1.44. The van der Waals surface area contributed by atoms with Gasteiger partial charge in [-0.15, -0.1) is 0 Å². The first kappa shape index (κ1) is 8.84. The Morgan fingerprint density at radius 2 is 2.33 bits per heavy atom. The van der Waals surface area contributed by atoms with Crippen LogP contribution in [0, 0.1) is 6.42 Å². The van der Waals surface area contributed by atoms with Crippen molar-refractivity contribution in [2.45, 2.75) is 19.3 Å². The third-order valence-electron chi connectivity index (χ3n) is 3.06. The normalized spacial score (nSPS) is 15.3. The fraction of sp³-hybridized carbons (Fsp3) is 0.308. The maximum atomic E-state index is 5.35. The monoisotopic (exact) mass is 199 g/mol. The second-order valence-electron chi connectivity index (χ2n) is 3.89. The zero-order valence-electron chi connectivity index (χ0n) is 8.76. The molecule has 0 fully saturated rings. The number of methoxy groups -OCH3 is 1. The molecule has 0 bridgehead atoms. The van der Waals surface area contributed by atoms with Gasteiger partial charge in [0, 0.05) is 11.1 Å². The second kappa shape index (κ2) is 3.30. The molecule has 1 N–H and O–H groups in total. The van der Waals surface area contributed by atoms with E-state index in [1.807, 2.05) is 12.1 Å². The molecule has 0 aliphatic heterocycles. The van der Waals surface area contributed by atoms with E-state index in [0.29, 0.717) is 0 Å². The van der Waals surface area contributed by atoms with Crippen molar-refractivity contribution in [1.82, 2.24) is 4.98 Å². The molecule has 0 saturated heterocycles. The van der Waals surface area contributed by atoms with Crippen LogP contribution in [0.15, 0.2) is 18.2 Å². The number of hydrogen-bond donors (Lipinski definition) is 1. The highest BCUT2D eigenvalue weighted by atomic mass is 16.5. The molecule has 2 aromatic rings. The molecule has 3 rings (SSSR count). The van der Waals surface area contributed by atoms with E-state index in [9.17, 15) is 0 Å². The molecule has 1 aromatic heterocycles. The smallest absolute Gasteiger partial charge is 0.142 e. The van der Waals surface area contributed by atoms with Crippen LogP contribution in [0.2, 0.25) is 0 Å². The summed E-state index contributed by atoms with van der Waals surface area (Å²) >= 11 is 0. The fourth-order valence-corrected chi connectivity index (χ4v) is 2.31. The average molecular weight is 199 g/mol. The zero-order valence-corrected chi connectivity index (χ0v) is 8.76. The molecule has 1 aliphatic rings. The van der Waals surface area contributed by atoms with Crippen LogP contribution < -0.4 is 4.74 Å². The van der Waals surface area contributed by atoms with Crippen LogP contribution in [-0.2, 0) is 12.8 Å². The number of fused-ring (bicyclic) bond motifs is 3. The Labute approximate surface area is 89.3 Å². The maximum absolute atomic E-state index is 5.35. The number of H-pyrrole nitrogens is 1. The lowest BCUT2D eigenvalue weighted by Crippen LogP contribution is -2.00. The average Bonchev–Trinajstić information content (AvgIpc) is 2.67. The van der Waals surface area contributed by atoms with Gasteiger partial charge in [0.2, 0.25) is 0 Å². The molecule has 2 nitrogen and oxygen atoms in total. The summed E-state index contributed by atoms with van der Waals surface area (Å²) in [6.07, 6.45) is 6.49. The second-order valence-corrected chi connectivity index (χ2v) is 3.89. The largest absolute Gasteiger partial charge is 0.495 e. The molecule has 1 aliphatic carbocycles. The lowest BCUT2D eigenvalue weighted by atomic mass is 9.96.